The lowest BCUT2D eigenvalue weighted by Crippen LogP contribution is -2.47. The van der Waals surface area contributed by atoms with Crippen LogP contribution >= 0.6 is 0 Å². The summed E-state index contributed by atoms with van der Waals surface area (Å²) in [5.41, 5.74) is 2.89. The molecular formula is C25H43N3O4. The van der Waals surface area contributed by atoms with Crippen molar-refractivity contribution in [1.82, 2.24) is 10.2 Å². The number of benzene rings is 1. The predicted molar refractivity (Wildman–Crippen MR) is 130 cm³/mol. The Balaban J connectivity index is 1.47. The van der Waals surface area contributed by atoms with Crippen molar-refractivity contribution in [3.63, 3.8) is 0 Å². The largest absolute Gasteiger partial charge is 0.378 e. The molecule has 0 aromatic heterocycles. The van der Waals surface area contributed by atoms with Crippen LogP contribution in [0.15, 0.2) is 24.3 Å². The molecule has 1 aromatic carbocycles. The first-order valence-electron chi connectivity index (χ1n) is 11.9. The molecule has 0 spiro atoms. The van der Waals surface area contributed by atoms with Crippen LogP contribution in [0.25, 0.3) is 0 Å². The summed E-state index contributed by atoms with van der Waals surface area (Å²) in [6.07, 6.45) is 0.0591. The van der Waals surface area contributed by atoms with Crippen molar-refractivity contribution in [1.29, 1.82) is 0 Å². The Hall–Kier alpha value is -1.67. The number of piperazine rings is 1. The molecule has 182 valence electrons. The second kappa shape index (κ2) is 13.8. The van der Waals surface area contributed by atoms with Crippen LogP contribution in [0, 0.1) is 0 Å². The van der Waals surface area contributed by atoms with E-state index in [1.165, 1.54) is 11.3 Å². The van der Waals surface area contributed by atoms with E-state index in [2.05, 4.69) is 60.2 Å². The van der Waals surface area contributed by atoms with E-state index in [0.717, 1.165) is 32.7 Å². The third-order valence-electron chi connectivity index (χ3n) is 5.51. The monoisotopic (exact) mass is 449 g/mol. The molecule has 0 bridgehead atoms. The zero-order valence-electron chi connectivity index (χ0n) is 20.7. The van der Waals surface area contributed by atoms with Crippen LogP contribution in [0.5, 0.6) is 0 Å². The minimum Gasteiger partial charge on any atom is -0.378 e. The lowest BCUT2D eigenvalue weighted by atomic mass is 9.87. The number of carbonyl (C=O) groups is 1. The topological polar surface area (TPSA) is 63.3 Å². The Labute approximate surface area is 194 Å². The van der Waals surface area contributed by atoms with Crippen LogP contribution in [-0.4, -0.2) is 89.2 Å². The molecule has 1 heterocycles. The maximum atomic E-state index is 11.5. The average Bonchev–Trinajstić information content (AvgIpc) is 2.76. The summed E-state index contributed by atoms with van der Waals surface area (Å²) in [6.45, 7) is 18.6. The molecule has 0 radical (unpaired) electrons. The van der Waals surface area contributed by atoms with Crippen molar-refractivity contribution in [2.24, 2.45) is 0 Å². The normalized spacial score (nSPS) is 15.4. The third kappa shape index (κ3) is 10.3. The van der Waals surface area contributed by atoms with E-state index in [4.69, 9.17) is 14.2 Å². The third-order valence-corrected chi connectivity index (χ3v) is 5.51. The molecule has 0 aliphatic carbocycles. The van der Waals surface area contributed by atoms with Gasteiger partial charge in [0.05, 0.1) is 32.5 Å². The smallest absolute Gasteiger partial charge is 0.246 e. The summed E-state index contributed by atoms with van der Waals surface area (Å²) in [7, 11) is 0. The lowest BCUT2D eigenvalue weighted by Gasteiger charge is -2.36. The number of hydrogen-bond donors (Lipinski definition) is 1. The molecule has 1 N–H and O–H groups in total. The number of hydrogen-bond acceptors (Lipinski definition) is 6. The van der Waals surface area contributed by atoms with E-state index in [1.54, 1.807) is 0 Å². The Morgan fingerprint density at radius 3 is 2.19 bits per heavy atom. The van der Waals surface area contributed by atoms with E-state index in [0.29, 0.717) is 33.0 Å². The van der Waals surface area contributed by atoms with Gasteiger partial charge in [0.25, 0.3) is 0 Å². The van der Waals surface area contributed by atoms with Gasteiger partial charge in [-0.1, -0.05) is 32.9 Å². The molecule has 1 saturated heterocycles. The summed E-state index contributed by atoms with van der Waals surface area (Å²) in [5, 5.41) is 2.77. The molecular weight excluding hydrogens is 406 g/mol. The standard InChI is InChI=1S/C25H43N3O4/c1-21(2)32-20-24(29)26-10-16-30-18-19-31-17-15-27-11-13-28(14-12-27)23-8-6-22(7-9-23)25(3,4)5/h6-9,21H,10-20H2,1-5H3,(H,26,29). The summed E-state index contributed by atoms with van der Waals surface area (Å²) >= 11 is 0. The van der Waals surface area contributed by atoms with Crippen LogP contribution in [0.2, 0.25) is 0 Å². The highest BCUT2D eigenvalue weighted by Gasteiger charge is 2.18. The second-order valence-corrected chi connectivity index (χ2v) is 9.56. The van der Waals surface area contributed by atoms with Gasteiger partial charge in [-0.3, -0.25) is 9.69 Å². The van der Waals surface area contributed by atoms with Gasteiger partial charge in [0.2, 0.25) is 5.91 Å². The van der Waals surface area contributed by atoms with Gasteiger partial charge in [0.1, 0.15) is 6.61 Å². The summed E-state index contributed by atoms with van der Waals surface area (Å²) in [4.78, 5) is 16.4. The quantitative estimate of drug-likeness (QED) is 0.467. The molecule has 0 saturated carbocycles. The van der Waals surface area contributed by atoms with Crippen LogP contribution in [0.4, 0.5) is 5.69 Å². The fraction of sp³-hybridized carbons (Fsp3) is 0.720. The highest BCUT2D eigenvalue weighted by Crippen LogP contribution is 2.25. The molecule has 2 rings (SSSR count). The fourth-order valence-corrected chi connectivity index (χ4v) is 3.47. The molecule has 32 heavy (non-hydrogen) atoms. The first-order valence-corrected chi connectivity index (χ1v) is 11.9. The minimum absolute atomic E-state index is 0.0591. The maximum Gasteiger partial charge on any atom is 0.246 e. The van der Waals surface area contributed by atoms with Crippen LogP contribution in [0.1, 0.15) is 40.2 Å². The number of nitrogens with one attached hydrogen (secondary N) is 1. The lowest BCUT2D eigenvalue weighted by molar-refractivity contribution is -0.127. The van der Waals surface area contributed by atoms with E-state index < -0.39 is 0 Å². The number of rotatable bonds is 13. The molecule has 7 heteroatoms. The van der Waals surface area contributed by atoms with Crippen molar-refractivity contribution in [3.8, 4) is 0 Å². The van der Waals surface area contributed by atoms with Crippen LogP contribution < -0.4 is 10.2 Å². The number of nitrogens with zero attached hydrogens (tertiary/aromatic N) is 2. The zero-order valence-corrected chi connectivity index (χ0v) is 20.7. The van der Waals surface area contributed by atoms with Gasteiger partial charge >= 0.3 is 0 Å². The fourth-order valence-electron chi connectivity index (χ4n) is 3.47. The molecule has 1 aliphatic heterocycles. The molecule has 1 fully saturated rings. The number of ether oxygens (including phenoxy) is 3. The van der Waals surface area contributed by atoms with Gasteiger partial charge in [-0.25, -0.2) is 0 Å². The maximum absolute atomic E-state index is 11.5. The zero-order chi connectivity index (χ0) is 23.4. The van der Waals surface area contributed by atoms with Gasteiger partial charge in [-0.15, -0.1) is 0 Å². The Morgan fingerprint density at radius 2 is 1.59 bits per heavy atom. The SMILES string of the molecule is CC(C)OCC(=O)NCCOCCOCCN1CCN(c2ccc(C(C)(C)C)cc2)CC1. The highest BCUT2D eigenvalue weighted by molar-refractivity contribution is 5.77. The van der Waals surface area contributed by atoms with E-state index in [-0.39, 0.29) is 24.0 Å². The Bertz CT molecular complexity index is 650. The molecule has 1 aromatic rings. The van der Waals surface area contributed by atoms with Gasteiger partial charge in [0, 0.05) is 45.0 Å². The van der Waals surface area contributed by atoms with Crippen LogP contribution in [-0.2, 0) is 24.4 Å². The van der Waals surface area contributed by atoms with Crippen LogP contribution in [0.3, 0.4) is 0 Å². The number of amides is 1. The predicted octanol–water partition coefficient (Wildman–Crippen LogP) is 2.68. The Morgan fingerprint density at radius 1 is 0.969 bits per heavy atom. The number of carbonyl (C=O) groups excluding carboxylic acids is 1. The van der Waals surface area contributed by atoms with Crippen molar-refractivity contribution >= 4 is 11.6 Å². The molecule has 1 amide bonds. The first-order chi connectivity index (χ1) is 15.3. The summed E-state index contributed by atoms with van der Waals surface area (Å²) in [5.74, 6) is -0.111. The first kappa shape index (κ1) is 26.6. The Kier molecular flexibility index (Phi) is 11.4. The van der Waals surface area contributed by atoms with Crippen molar-refractivity contribution in [2.75, 3.05) is 77.2 Å². The van der Waals surface area contributed by atoms with Crippen molar-refractivity contribution < 1.29 is 19.0 Å². The highest BCUT2D eigenvalue weighted by atomic mass is 16.5. The molecule has 0 atom stereocenters. The van der Waals surface area contributed by atoms with Gasteiger partial charge in [-0.2, -0.15) is 0 Å². The van der Waals surface area contributed by atoms with Gasteiger partial charge in [0.15, 0.2) is 0 Å². The minimum atomic E-state index is -0.111. The molecule has 0 unspecified atom stereocenters. The van der Waals surface area contributed by atoms with E-state index >= 15 is 0 Å². The molecule has 1 aliphatic rings. The van der Waals surface area contributed by atoms with E-state index in [1.807, 2.05) is 13.8 Å². The molecule has 7 nitrogen and oxygen atoms in total. The van der Waals surface area contributed by atoms with Gasteiger partial charge in [-0.05, 0) is 37.0 Å². The second-order valence-electron chi connectivity index (χ2n) is 9.56. The summed E-state index contributed by atoms with van der Waals surface area (Å²) < 4.78 is 16.4. The average molecular weight is 450 g/mol. The number of anilines is 1. The van der Waals surface area contributed by atoms with Crippen molar-refractivity contribution in [3.05, 3.63) is 29.8 Å². The van der Waals surface area contributed by atoms with Crippen molar-refractivity contribution in [2.45, 2.75) is 46.1 Å². The van der Waals surface area contributed by atoms with E-state index in [9.17, 15) is 4.79 Å². The van der Waals surface area contributed by atoms with Gasteiger partial charge < -0.3 is 24.4 Å². The summed E-state index contributed by atoms with van der Waals surface area (Å²) in [6, 6.07) is 9.02.